The van der Waals surface area contributed by atoms with E-state index in [2.05, 4.69) is 15.5 Å². The lowest BCUT2D eigenvalue weighted by atomic mass is 10.3. The van der Waals surface area contributed by atoms with Crippen molar-refractivity contribution >= 4 is 17.7 Å². The molecule has 0 aromatic carbocycles. The van der Waals surface area contributed by atoms with Crippen molar-refractivity contribution in [1.29, 1.82) is 10.5 Å². The van der Waals surface area contributed by atoms with E-state index in [0.717, 1.165) is 11.8 Å². The van der Waals surface area contributed by atoms with E-state index < -0.39 is 18.6 Å². The van der Waals surface area contributed by atoms with Crippen LogP contribution in [-0.2, 0) is 11.3 Å². The lowest BCUT2D eigenvalue weighted by molar-refractivity contribution is -0.144. The number of alkyl halides is 3. The van der Waals surface area contributed by atoms with Crippen molar-refractivity contribution in [3.05, 3.63) is 0 Å². The molecular weight excluding hydrogens is 335 g/mol. The Morgan fingerprint density at radius 3 is 2.39 bits per heavy atom. The first kappa shape index (κ1) is 18.7. The van der Waals surface area contributed by atoms with Crippen molar-refractivity contribution in [1.82, 2.24) is 25.1 Å². The zero-order valence-electron chi connectivity index (χ0n) is 11.8. The van der Waals surface area contributed by atoms with E-state index in [1.165, 1.54) is 4.90 Å². The largest absolute Gasteiger partial charge is 0.408 e. The van der Waals surface area contributed by atoms with Gasteiger partial charge in [0.15, 0.2) is 0 Å². The lowest BCUT2D eigenvalue weighted by Gasteiger charge is -2.19. The zero-order chi connectivity index (χ0) is 17.3. The Morgan fingerprint density at radius 1 is 1.26 bits per heavy atom. The summed E-state index contributed by atoms with van der Waals surface area (Å²) < 4.78 is 37.6. The third kappa shape index (κ3) is 6.97. The third-order valence-corrected chi connectivity index (χ3v) is 3.43. The van der Waals surface area contributed by atoms with Gasteiger partial charge in [-0.3, -0.25) is 4.79 Å². The zero-order valence-corrected chi connectivity index (χ0v) is 12.6. The number of carbonyl (C=O) groups excluding carboxylic acids is 1. The van der Waals surface area contributed by atoms with Crippen molar-refractivity contribution in [2.75, 3.05) is 18.8 Å². The molecule has 0 aliphatic heterocycles. The summed E-state index contributed by atoms with van der Waals surface area (Å²) in [6.07, 6.45) is -4.26. The number of carbonyl (C=O) groups is 1. The fraction of sp³-hybridized carbons (Fsp3) is 0.636. The van der Waals surface area contributed by atoms with Crippen LogP contribution < -0.4 is 0 Å². The van der Waals surface area contributed by atoms with Crippen molar-refractivity contribution in [3.8, 4) is 12.1 Å². The molecule has 0 atom stereocenters. The van der Waals surface area contributed by atoms with Gasteiger partial charge in [0, 0.05) is 13.1 Å². The second-order valence-corrected chi connectivity index (χ2v) is 5.16. The number of nitrogens with zero attached hydrogens (tertiary/aromatic N) is 7. The molecule has 0 aliphatic rings. The molecule has 0 N–H and O–H groups in total. The van der Waals surface area contributed by atoms with Gasteiger partial charge in [-0.05, 0) is 10.4 Å². The minimum absolute atomic E-state index is 0.105. The molecule has 8 nitrogen and oxygen atoms in total. The number of rotatable bonds is 8. The highest BCUT2D eigenvalue weighted by Crippen LogP contribution is 2.21. The van der Waals surface area contributed by atoms with Gasteiger partial charge in [-0.15, -0.1) is 5.10 Å². The average Bonchev–Trinajstić information content (AvgIpc) is 2.90. The van der Waals surface area contributed by atoms with Gasteiger partial charge in [0.2, 0.25) is 11.1 Å². The molecule has 0 bridgehead atoms. The van der Waals surface area contributed by atoms with Gasteiger partial charge in [0.1, 0.15) is 6.54 Å². The molecule has 1 aromatic rings. The van der Waals surface area contributed by atoms with E-state index in [4.69, 9.17) is 10.5 Å². The number of aromatic nitrogens is 4. The standard InChI is InChI=1S/C11H12F3N7OS/c12-11(13,14)8-21-10(17-18-19-21)23-7-9(22)20(5-1-3-15)6-2-4-16/h1-2,5-8H2. The monoisotopic (exact) mass is 347 g/mol. The summed E-state index contributed by atoms with van der Waals surface area (Å²) in [6, 6.07) is 3.78. The van der Waals surface area contributed by atoms with Crippen LogP contribution in [0.5, 0.6) is 0 Å². The van der Waals surface area contributed by atoms with Crippen molar-refractivity contribution in [2.24, 2.45) is 0 Å². The maximum atomic E-state index is 12.3. The van der Waals surface area contributed by atoms with Gasteiger partial charge in [0.05, 0.1) is 30.7 Å². The minimum Gasteiger partial charge on any atom is -0.340 e. The van der Waals surface area contributed by atoms with Gasteiger partial charge in [-0.1, -0.05) is 11.8 Å². The van der Waals surface area contributed by atoms with Crippen LogP contribution in [0.3, 0.4) is 0 Å². The quantitative estimate of drug-likeness (QED) is 0.644. The summed E-state index contributed by atoms with van der Waals surface area (Å²) in [5.74, 6) is -0.586. The first-order chi connectivity index (χ1) is 10.9. The van der Waals surface area contributed by atoms with Gasteiger partial charge in [0.25, 0.3) is 0 Å². The van der Waals surface area contributed by atoms with Crippen LogP contribution in [0.25, 0.3) is 0 Å². The molecule has 0 radical (unpaired) electrons. The van der Waals surface area contributed by atoms with Gasteiger partial charge < -0.3 is 4.90 Å². The molecule has 0 aliphatic carbocycles. The van der Waals surface area contributed by atoms with Crippen LogP contribution in [-0.4, -0.2) is 56.0 Å². The van der Waals surface area contributed by atoms with Crippen LogP contribution in [0.4, 0.5) is 13.2 Å². The fourth-order valence-corrected chi connectivity index (χ4v) is 2.30. The van der Waals surface area contributed by atoms with Gasteiger partial charge in [-0.25, -0.2) is 4.68 Å². The maximum absolute atomic E-state index is 12.3. The molecule has 0 saturated carbocycles. The molecule has 12 heteroatoms. The molecule has 23 heavy (non-hydrogen) atoms. The van der Waals surface area contributed by atoms with E-state index in [9.17, 15) is 18.0 Å². The van der Waals surface area contributed by atoms with Crippen molar-refractivity contribution in [2.45, 2.75) is 30.7 Å². The molecule has 1 aromatic heterocycles. The first-order valence-electron chi connectivity index (χ1n) is 6.34. The van der Waals surface area contributed by atoms with Crippen LogP contribution in [0.1, 0.15) is 12.8 Å². The molecule has 124 valence electrons. The fourth-order valence-electron chi connectivity index (χ4n) is 1.52. The first-order valence-corrected chi connectivity index (χ1v) is 7.33. The molecule has 1 rings (SSSR count). The summed E-state index contributed by atoms with van der Waals surface area (Å²) in [6.45, 7) is -1.03. The SMILES string of the molecule is N#CCCN(CCC#N)C(=O)CSc1nnnn1CC(F)(F)F. The molecular formula is C11H12F3N7OS. The molecule has 1 heterocycles. The Bertz CT molecular complexity index is 586. The summed E-state index contributed by atoms with van der Waals surface area (Å²) in [4.78, 5) is 13.3. The van der Waals surface area contributed by atoms with Crippen LogP contribution in [0.15, 0.2) is 5.16 Å². The summed E-state index contributed by atoms with van der Waals surface area (Å²) in [5, 5.41) is 26.8. The lowest BCUT2D eigenvalue weighted by Crippen LogP contribution is -2.34. The van der Waals surface area contributed by atoms with Crippen LogP contribution in [0, 0.1) is 22.7 Å². The number of hydrogen-bond donors (Lipinski definition) is 0. The van der Waals surface area contributed by atoms with Crippen molar-refractivity contribution in [3.63, 3.8) is 0 Å². The van der Waals surface area contributed by atoms with Crippen LogP contribution >= 0.6 is 11.8 Å². The maximum Gasteiger partial charge on any atom is 0.408 e. The highest BCUT2D eigenvalue weighted by atomic mass is 32.2. The van der Waals surface area contributed by atoms with Gasteiger partial charge in [-0.2, -0.15) is 23.7 Å². The predicted octanol–water partition coefficient (Wildman–Crippen LogP) is 0.983. The van der Waals surface area contributed by atoms with E-state index in [1.807, 2.05) is 12.1 Å². The number of hydrogen-bond acceptors (Lipinski definition) is 7. The number of amides is 1. The van der Waals surface area contributed by atoms with Crippen molar-refractivity contribution < 1.29 is 18.0 Å². The predicted molar refractivity (Wildman–Crippen MR) is 71.6 cm³/mol. The second-order valence-electron chi connectivity index (χ2n) is 4.22. The van der Waals surface area contributed by atoms with E-state index in [1.54, 1.807) is 0 Å². The Labute approximate surface area is 133 Å². The van der Waals surface area contributed by atoms with Crippen LogP contribution in [0.2, 0.25) is 0 Å². The number of nitriles is 2. The summed E-state index contributed by atoms with van der Waals surface area (Å²) in [5.41, 5.74) is 0. The van der Waals surface area contributed by atoms with E-state index >= 15 is 0 Å². The summed E-state index contributed by atoms with van der Waals surface area (Å²) in [7, 11) is 0. The number of halogens is 3. The highest BCUT2D eigenvalue weighted by molar-refractivity contribution is 7.99. The summed E-state index contributed by atoms with van der Waals surface area (Å²) >= 11 is 0.768. The highest BCUT2D eigenvalue weighted by Gasteiger charge is 2.30. The van der Waals surface area contributed by atoms with E-state index in [0.29, 0.717) is 4.68 Å². The Balaban J connectivity index is 2.62. The molecule has 0 spiro atoms. The smallest absolute Gasteiger partial charge is 0.340 e. The topological polar surface area (TPSA) is 111 Å². The molecule has 0 unspecified atom stereocenters. The van der Waals surface area contributed by atoms with Gasteiger partial charge >= 0.3 is 6.18 Å². The second kappa shape index (κ2) is 8.95. The average molecular weight is 347 g/mol. The Hall–Kier alpha value is -2.34. The Kier molecular flexibility index (Phi) is 7.28. The number of thioether (sulfide) groups is 1. The molecule has 0 saturated heterocycles. The minimum atomic E-state index is -4.47. The number of tetrazole rings is 1. The normalized spacial score (nSPS) is 10.8. The van der Waals surface area contributed by atoms with E-state index in [-0.39, 0.29) is 36.8 Å². The molecule has 1 amide bonds. The third-order valence-electron chi connectivity index (χ3n) is 2.49. The Morgan fingerprint density at radius 2 is 1.87 bits per heavy atom. The molecule has 0 fully saturated rings.